The standard InChI is InChI=1S/C17H16N2O4/c1-11(12-6-7-15-16(10-12)23-9-8-22-15)18-19-17(21)13-4-2-3-5-14(13)20/h2-7,10,20H,8-9H2,1H3,(H,19,21)/b18-11-. The highest BCUT2D eigenvalue weighted by atomic mass is 16.6. The number of hydrazone groups is 1. The van der Waals surface area contributed by atoms with Gasteiger partial charge >= 0.3 is 0 Å². The van der Waals surface area contributed by atoms with Crippen LogP contribution in [-0.2, 0) is 0 Å². The predicted molar refractivity (Wildman–Crippen MR) is 85.2 cm³/mol. The number of phenols is 1. The first kappa shape index (κ1) is 14.9. The fraction of sp³-hybridized carbons (Fsp3) is 0.176. The third-order valence-corrected chi connectivity index (χ3v) is 3.43. The number of rotatable bonds is 3. The van der Waals surface area contributed by atoms with Crippen molar-refractivity contribution in [1.29, 1.82) is 0 Å². The first-order valence-corrected chi connectivity index (χ1v) is 7.18. The molecule has 6 heteroatoms. The Morgan fingerprint density at radius 2 is 1.87 bits per heavy atom. The maximum Gasteiger partial charge on any atom is 0.275 e. The summed E-state index contributed by atoms with van der Waals surface area (Å²) in [5.74, 6) is 0.804. The second-order valence-electron chi connectivity index (χ2n) is 5.01. The quantitative estimate of drug-likeness (QED) is 0.673. The lowest BCUT2D eigenvalue weighted by Gasteiger charge is -2.18. The van der Waals surface area contributed by atoms with Crippen molar-refractivity contribution in [3.63, 3.8) is 0 Å². The van der Waals surface area contributed by atoms with Crippen molar-refractivity contribution in [2.45, 2.75) is 6.92 Å². The lowest BCUT2D eigenvalue weighted by atomic mass is 10.1. The molecule has 0 saturated carbocycles. The summed E-state index contributed by atoms with van der Waals surface area (Å²) in [6.07, 6.45) is 0. The maximum absolute atomic E-state index is 12.0. The van der Waals surface area contributed by atoms with Crippen LogP contribution in [0.5, 0.6) is 17.2 Å². The molecule has 6 nitrogen and oxygen atoms in total. The Morgan fingerprint density at radius 3 is 2.65 bits per heavy atom. The van der Waals surface area contributed by atoms with Gasteiger partial charge in [0.25, 0.3) is 5.91 Å². The molecule has 0 fully saturated rings. The largest absolute Gasteiger partial charge is 0.507 e. The van der Waals surface area contributed by atoms with Crippen LogP contribution in [0.25, 0.3) is 0 Å². The van der Waals surface area contributed by atoms with Crippen molar-refractivity contribution in [2.24, 2.45) is 5.10 Å². The minimum absolute atomic E-state index is 0.0859. The van der Waals surface area contributed by atoms with Gasteiger partial charge < -0.3 is 14.6 Å². The molecule has 1 aliphatic heterocycles. The van der Waals surface area contributed by atoms with Gasteiger partial charge in [0.05, 0.1) is 11.3 Å². The minimum atomic E-state index is -0.472. The fourth-order valence-electron chi connectivity index (χ4n) is 2.19. The number of ether oxygens (including phenoxy) is 2. The van der Waals surface area contributed by atoms with Crippen LogP contribution in [0.2, 0.25) is 0 Å². The third-order valence-electron chi connectivity index (χ3n) is 3.43. The molecule has 23 heavy (non-hydrogen) atoms. The van der Waals surface area contributed by atoms with Gasteiger partial charge in [0.15, 0.2) is 11.5 Å². The van der Waals surface area contributed by atoms with E-state index in [1.54, 1.807) is 19.1 Å². The molecule has 3 rings (SSSR count). The molecule has 0 atom stereocenters. The molecule has 2 N–H and O–H groups in total. The number of aromatic hydroxyl groups is 1. The van der Waals surface area contributed by atoms with Crippen molar-refractivity contribution in [1.82, 2.24) is 5.43 Å². The Hall–Kier alpha value is -3.02. The Bertz CT molecular complexity index is 771. The van der Waals surface area contributed by atoms with E-state index in [2.05, 4.69) is 10.5 Å². The first-order valence-electron chi connectivity index (χ1n) is 7.18. The molecule has 0 aliphatic carbocycles. The first-order chi connectivity index (χ1) is 11.1. The van der Waals surface area contributed by atoms with Crippen molar-refractivity contribution >= 4 is 11.6 Å². The molecule has 0 saturated heterocycles. The summed E-state index contributed by atoms with van der Waals surface area (Å²) in [5, 5.41) is 13.7. The molecule has 1 amide bonds. The monoisotopic (exact) mass is 312 g/mol. The zero-order chi connectivity index (χ0) is 16.2. The van der Waals surface area contributed by atoms with Gasteiger partial charge in [-0.25, -0.2) is 5.43 Å². The summed E-state index contributed by atoms with van der Waals surface area (Å²) in [6, 6.07) is 11.8. The van der Waals surface area contributed by atoms with Crippen LogP contribution in [0.3, 0.4) is 0 Å². The molecule has 0 unspecified atom stereocenters. The summed E-state index contributed by atoms with van der Waals surface area (Å²) in [4.78, 5) is 12.0. The number of para-hydroxylation sites is 1. The Morgan fingerprint density at radius 1 is 1.13 bits per heavy atom. The SMILES string of the molecule is C/C(=N/NC(=O)c1ccccc1O)c1ccc2c(c1)OCCO2. The Labute approximate surface area is 133 Å². The molecule has 1 heterocycles. The van der Waals surface area contributed by atoms with Gasteiger partial charge in [-0.15, -0.1) is 0 Å². The highest BCUT2D eigenvalue weighted by Gasteiger charge is 2.13. The number of hydrogen-bond acceptors (Lipinski definition) is 5. The summed E-state index contributed by atoms with van der Waals surface area (Å²) in [5.41, 5.74) is 4.04. The van der Waals surface area contributed by atoms with E-state index >= 15 is 0 Å². The minimum Gasteiger partial charge on any atom is -0.507 e. The number of fused-ring (bicyclic) bond motifs is 1. The lowest BCUT2D eigenvalue weighted by Crippen LogP contribution is -2.19. The van der Waals surface area contributed by atoms with Gasteiger partial charge in [0, 0.05) is 5.56 Å². The summed E-state index contributed by atoms with van der Waals surface area (Å²) in [6.45, 7) is 2.82. The number of amides is 1. The highest BCUT2D eigenvalue weighted by Crippen LogP contribution is 2.30. The van der Waals surface area contributed by atoms with E-state index in [9.17, 15) is 9.90 Å². The maximum atomic E-state index is 12.0. The van der Waals surface area contributed by atoms with E-state index in [4.69, 9.17) is 9.47 Å². The van der Waals surface area contributed by atoms with Gasteiger partial charge in [-0.1, -0.05) is 12.1 Å². The molecule has 1 aliphatic rings. The van der Waals surface area contributed by atoms with E-state index in [1.165, 1.54) is 12.1 Å². The molecular weight excluding hydrogens is 296 g/mol. The average molecular weight is 312 g/mol. The molecule has 2 aromatic carbocycles. The lowest BCUT2D eigenvalue weighted by molar-refractivity contribution is 0.0952. The molecule has 0 radical (unpaired) electrons. The van der Waals surface area contributed by atoms with Crippen LogP contribution >= 0.6 is 0 Å². The van der Waals surface area contributed by atoms with Gasteiger partial charge in [-0.2, -0.15) is 5.10 Å². The predicted octanol–water partition coefficient (Wildman–Crippen LogP) is 2.32. The molecule has 0 aromatic heterocycles. The van der Waals surface area contributed by atoms with Crippen LogP contribution in [0.15, 0.2) is 47.6 Å². The Balaban J connectivity index is 1.75. The van der Waals surface area contributed by atoms with E-state index in [0.717, 1.165) is 5.56 Å². The van der Waals surface area contributed by atoms with Gasteiger partial charge in [-0.3, -0.25) is 4.79 Å². The molecule has 0 bridgehead atoms. The smallest absolute Gasteiger partial charge is 0.275 e. The molecule has 2 aromatic rings. The summed E-state index contributed by atoms with van der Waals surface area (Å²) in [7, 11) is 0. The summed E-state index contributed by atoms with van der Waals surface area (Å²) >= 11 is 0. The van der Waals surface area contributed by atoms with Crippen molar-refractivity contribution in [2.75, 3.05) is 13.2 Å². The van der Waals surface area contributed by atoms with Gasteiger partial charge in [-0.05, 0) is 37.3 Å². The number of carbonyl (C=O) groups excluding carboxylic acids is 1. The number of nitrogens with zero attached hydrogens (tertiary/aromatic N) is 1. The van der Waals surface area contributed by atoms with E-state index < -0.39 is 5.91 Å². The zero-order valence-electron chi connectivity index (χ0n) is 12.6. The second-order valence-corrected chi connectivity index (χ2v) is 5.01. The second kappa shape index (κ2) is 6.39. The van der Waals surface area contributed by atoms with Gasteiger partial charge in [0.2, 0.25) is 0 Å². The van der Waals surface area contributed by atoms with Crippen molar-refractivity contribution < 1.29 is 19.4 Å². The number of nitrogens with one attached hydrogen (secondary N) is 1. The van der Waals surface area contributed by atoms with Crippen LogP contribution in [-0.4, -0.2) is 29.9 Å². The number of benzene rings is 2. The number of phenolic OH excluding ortho intramolecular Hbond substituents is 1. The van der Waals surface area contributed by atoms with Gasteiger partial charge in [0.1, 0.15) is 19.0 Å². The number of hydrogen-bond donors (Lipinski definition) is 2. The van der Waals surface area contributed by atoms with Crippen LogP contribution < -0.4 is 14.9 Å². The fourth-order valence-corrected chi connectivity index (χ4v) is 2.19. The van der Waals surface area contributed by atoms with E-state index in [-0.39, 0.29) is 11.3 Å². The topological polar surface area (TPSA) is 80.2 Å². The third kappa shape index (κ3) is 3.26. The molecule has 0 spiro atoms. The van der Waals surface area contributed by atoms with Crippen LogP contribution in [0.1, 0.15) is 22.8 Å². The molecular formula is C17H16N2O4. The number of carbonyl (C=O) groups is 1. The van der Waals surface area contributed by atoms with E-state index in [0.29, 0.717) is 30.4 Å². The summed E-state index contributed by atoms with van der Waals surface area (Å²) < 4.78 is 11.0. The molecule has 118 valence electrons. The Kier molecular flexibility index (Phi) is 4.14. The van der Waals surface area contributed by atoms with Crippen LogP contribution in [0, 0.1) is 0 Å². The normalized spacial score (nSPS) is 13.5. The highest BCUT2D eigenvalue weighted by molar-refractivity contribution is 6.01. The van der Waals surface area contributed by atoms with Crippen LogP contribution in [0.4, 0.5) is 0 Å². The zero-order valence-corrected chi connectivity index (χ0v) is 12.6. The average Bonchev–Trinajstić information content (AvgIpc) is 2.59. The van der Waals surface area contributed by atoms with Crippen molar-refractivity contribution in [3.8, 4) is 17.2 Å². The van der Waals surface area contributed by atoms with Crippen molar-refractivity contribution in [3.05, 3.63) is 53.6 Å². The van der Waals surface area contributed by atoms with E-state index in [1.807, 2.05) is 18.2 Å².